The second-order valence-corrected chi connectivity index (χ2v) is 11.0. The monoisotopic (exact) mass is 557 g/mol. The van der Waals surface area contributed by atoms with Gasteiger partial charge in [0.05, 0.1) is 9.50 Å². The van der Waals surface area contributed by atoms with Gasteiger partial charge in [-0.15, -0.1) is 0 Å². The summed E-state index contributed by atoms with van der Waals surface area (Å²) in [6, 6.07) is 2.07. The molecule has 2 fully saturated rings. The van der Waals surface area contributed by atoms with Gasteiger partial charge in [0, 0.05) is 37.6 Å². The Bertz CT molecular complexity index is 1070. The van der Waals surface area contributed by atoms with E-state index < -0.39 is 11.4 Å². The Balaban J connectivity index is 1.60. The maximum atomic E-state index is 15.1. The van der Waals surface area contributed by atoms with Crippen molar-refractivity contribution in [2.45, 2.75) is 45.3 Å². The summed E-state index contributed by atoms with van der Waals surface area (Å²) >= 11 is 9.47. The van der Waals surface area contributed by atoms with Crippen LogP contribution >= 0.6 is 27.5 Å². The summed E-state index contributed by atoms with van der Waals surface area (Å²) in [7, 11) is 2.07. The average molecular weight is 559 g/mol. The van der Waals surface area contributed by atoms with E-state index in [-0.39, 0.29) is 33.2 Å². The molecule has 34 heavy (non-hydrogen) atoms. The first-order chi connectivity index (χ1) is 16.0. The fourth-order valence-electron chi connectivity index (χ4n) is 4.23. The summed E-state index contributed by atoms with van der Waals surface area (Å²) < 4.78 is 26.7. The summed E-state index contributed by atoms with van der Waals surface area (Å²) in [5, 5.41) is 0.741. The normalized spacial score (nSPS) is 19.7. The Morgan fingerprint density at radius 2 is 1.94 bits per heavy atom. The summed E-state index contributed by atoms with van der Waals surface area (Å²) in [5.41, 5.74) is -0.413. The Hall–Kier alpha value is -1.91. The zero-order chi connectivity index (χ0) is 24.6. The molecule has 0 N–H and O–H groups in total. The van der Waals surface area contributed by atoms with Gasteiger partial charge in [0.2, 0.25) is 0 Å². The van der Waals surface area contributed by atoms with Crippen molar-refractivity contribution in [3.05, 3.63) is 21.4 Å². The zero-order valence-electron chi connectivity index (χ0n) is 19.9. The molecular formula is C23H30BrClFN5O3. The zero-order valence-corrected chi connectivity index (χ0v) is 22.2. The molecule has 1 atom stereocenters. The molecule has 1 unspecified atom stereocenters. The van der Waals surface area contributed by atoms with Gasteiger partial charge < -0.3 is 24.2 Å². The van der Waals surface area contributed by atoms with Crippen molar-refractivity contribution in [3.8, 4) is 6.01 Å². The third-order valence-corrected chi connectivity index (χ3v) is 7.40. The Kier molecular flexibility index (Phi) is 7.40. The number of carbonyl (C=O) groups excluding carboxylic acids is 1. The maximum absolute atomic E-state index is 15.1. The van der Waals surface area contributed by atoms with Gasteiger partial charge in [0.25, 0.3) is 0 Å². The third kappa shape index (κ3) is 5.49. The van der Waals surface area contributed by atoms with Crippen LogP contribution < -0.4 is 9.64 Å². The first-order valence-electron chi connectivity index (χ1n) is 11.4. The van der Waals surface area contributed by atoms with Crippen molar-refractivity contribution in [2.75, 3.05) is 51.3 Å². The van der Waals surface area contributed by atoms with E-state index in [1.165, 1.54) is 0 Å². The summed E-state index contributed by atoms with van der Waals surface area (Å²) in [6.07, 6.45) is 1.82. The minimum Gasteiger partial charge on any atom is -0.462 e. The fourth-order valence-corrected chi connectivity index (χ4v) is 4.72. The van der Waals surface area contributed by atoms with Crippen LogP contribution in [-0.2, 0) is 4.74 Å². The molecule has 0 aliphatic carbocycles. The summed E-state index contributed by atoms with van der Waals surface area (Å²) in [6.45, 7) is 8.91. The molecule has 186 valence electrons. The Morgan fingerprint density at radius 3 is 2.56 bits per heavy atom. The van der Waals surface area contributed by atoms with Crippen LogP contribution in [0.1, 0.15) is 33.6 Å². The van der Waals surface area contributed by atoms with Crippen LogP contribution in [0.5, 0.6) is 6.01 Å². The van der Waals surface area contributed by atoms with Gasteiger partial charge in [0.15, 0.2) is 5.82 Å². The first-order valence-corrected chi connectivity index (χ1v) is 12.6. The molecule has 0 saturated carbocycles. The molecule has 2 aliphatic rings. The number of piperazine rings is 1. The van der Waals surface area contributed by atoms with Gasteiger partial charge in [-0.1, -0.05) is 11.6 Å². The number of ether oxygens (including phenoxy) is 2. The van der Waals surface area contributed by atoms with Crippen molar-refractivity contribution >= 4 is 50.3 Å². The second-order valence-electron chi connectivity index (χ2n) is 9.75. The van der Waals surface area contributed by atoms with Crippen LogP contribution in [0, 0.1) is 5.82 Å². The van der Waals surface area contributed by atoms with Gasteiger partial charge >= 0.3 is 12.1 Å². The lowest BCUT2D eigenvalue weighted by atomic mass is 10.2. The number of likely N-dealkylation sites (tertiary alicyclic amines) is 1. The number of nitrogens with zero attached hydrogens (tertiary/aromatic N) is 5. The lowest BCUT2D eigenvalue weighted by Gasteiger charge is -2.36. The molecule has 2 aliphatic heterocycles. The number of amides is 1. The number of hydrogen-bond acceptors (Lipinski definition) is 7. The molecule has 0 radical (unpaired) electrons. The highest BCUT2D eigenvalue weighted by atomic mass is 79.9. The predicted octanol–water partition coefficient (Wildman–Crippen LogP) is 4.71. The topological polar surface area (TPSA) is 71.0 Å². The Morgan fingerprint density at radius 1 is 1.24 bits per heavy atom. The second kappa shape index (κ2) is 9.99. The molecule has 8 nitrogen and oxygen atoms in total. The lowest BCUT2D eigenvalue weighted by Crippen LogP contribution is -2.50. The van der Waals surface area contributed by atoms with E-state index in [0.29, 0.717) is 44.0 Å². The van der Waals surface area contributed by atoms with E-state index in [4.69, 9.17) is 21.1 Å². The minimum atomic E-state index is -0.557. The van der Waals surface area contributed by atoms with Crippen LogP contribution in [0.3, 0.4) is 0 Å². The molecule has 3 heterocycles. The van der Waals surface area contributed by atoms with Crippen molar-refractivity contribution in [1.29, 1.82) is 0 Å². The smallest absolute Gasteiger partial charge is 0.410 e. The van der Waals surface area contributed by atoms with E-state index >= 15 is 4.39 Å². The van der Waals surface area contributed by atoms with Gasteiger partial charge in [-0.2, -0.15) is 9.97 Å². The van der Waals surface area contributed by atoms with Crippen LogP contribution in [0.2, 0.25) is 5.02 Å². The third-order valence-electron chi connectivity index (χ3n) is 6.09. The van der Waals surface area contributed by atoms with Crippen LogP contribution in [0.15, 0.2) is 10.5 Å². The van der Waals surface area contributed by atoms with E-state index in [0.717, 1.165) is 19.4 Å². The number of carbonyl (C=O) groups is 1. The van der Waals surface area contributed by atoms with Crippen molar-refractivity contribution < 1.29 is 18.7 Å². The number of rotatable bonds is 4. The largest absolute Gasteiger partial charge is 0.462 e. The number of benzene rings is 1. The molecule has 0 spiro atoms. The molecule has 1 amide bonds. The number of halogens is 3. The Labute approximate surface area is 212 Å². The quantitative estimate of drug-likeness (QED) is 0.503. The fraction of sp³-hybridized carbons (Fsp3) is 0.609. The van der Waals surface area contributed by atoms with E-state index in [2.05, 4.69) is 37.8 Å². The molecule has 0 bridgehead atoms. The lowest BCUT2D eigenvalue weighted by molar-refractivity contribution is 0.0240. The number of hydrogen-bond donors (Lipinski definition) is 0. The predicted molar refractivity (Wildman–Crippen MR) is 133 cm³/mol. The molecule has 11 heteroatoms. The summed E-state index contributed by atoms with van der Waals surface area (Å²) in [4.78, 5) is 27.4. The number of anilines is 1. The van der Waals surface area contributed by atoms with Crippen molar-refractivity contribution in [2.24, 2.45) is 0 Å². The van der Waals surface area contributed by atoms with E-state index in [9.17, 15) is 4.79 Å². The number of aromatic nitrogens is 2. The highest BCUT2D eigenvalue weighted by Gasteiger charge is 2.29. The molecule has 1 aromatic heterocycles. The van der Waals surface area contributed by atoms with Crippen molar-refractivity contribution in [3.63, 3.8) is 0 Å². The number of likely N-dealkylation sites (N-methyl/N-ethyl adjacent to an activating group) is 1. The molecule has 4 rings (SSSR count). The standard InChI is InChI=1S/C23H30BrClFN5O3/c1-23(2,3)34-22(32)31-10-8-30(9-11-31)20-15-12-16(25)17(24)18(26)19(15)27-21(28-20)33-13-14-6-5-7-29(14)4/h12,14H,5-11,13H2,1-4H3. The number of fused-ring (bicyclic) bond motifs is 1. The van der Waals surface area contributed by atoms with Gasteiger partial charge in [-0.05, 0) is 69.2 Å². The van der Waals surface area contributed by atoms with Gasteiger partial charge in [0.1, 0.15) is 23.5 Å². The molecular weight excluding hydrogens is 529 g/mol. The first kappa shape index (κ1) is 25.2. The van der Waals surface area contributed by atoms with Crippen molar-refractivity contribution in [1.82, 2.24) is 19.8 Å². The van der Waals surface area contributed by atoms with E-state index in [1.54, 1.807) is 11.0 Å². The SMILES string of the molecule is CN1CCCC1COc1nc(N2CCN(C(=O)OC(C)(C)C)CC2)c2cc(Cl)c(Br)c(F)c2n1. The maximum Gasteiger partial charge on any atom is 0.410 e. The average Bonchev–Trinajstić information content (AvgIpc) is 3.19. The highest BCUT2D eigenvalue weighted by molar-refractivity contribution is 9.10. The minimum absolute atomic E-state index is 0.130. The van der Waals surface area contributed by atoms with Gasteiger partial charge in [-0.3, -0.25) is 0 Å². The van der Waals surface area contributed by atoms with Crippen LogP contribution in [-0.4, -0.2) is 83.9 Å². The highest BCUT2D eigenvalue weighted by Crippen LogP contribution is 2.36. The van der Waals surface area contributed by atoms with Crippen LogP contribution in [0.4, 0.5) is 15.0 Å². The summed E-state index contributed by atoms with van der Waals surface area (Å²) in [5.74, 6) is -0.0155. The van der Waals surface area contributed by atoms with Gasteiger partial charge in [-0.25, -0.2) is 9.18 Å². The molecule has 2 aromatic rings. The molecule has 2 saturated heterocycles. The van der Waals surface area contributed by atoms with Crippen LogP contribution in [0.25, 0.3) is 10.9 Å². The van der Waals surface area contributed by atoms with E-state index in [1.807, 2.05) is 25.7 Å². The molecule has 1 aromatic carbocycles.